The normalized spacial score (nSPS) is 8.50. The van der Waals surface area contributed by atoms with E-state index in [2.05, 4.69) is 18.3 Å². The minimum atomic E-state index is 0.929. The fourth-order valence-corrected chi connectivity index (χ4v) is 0.918. The number of hydrogen-bond donors (Lipinski definition) is 0. The maximum Gasteiger partial charge on any atom is 0.0639 e. The van der Waals surface area contributed by atoms with Crippen LogP contribution in [0.4, 0.5) is 0 Å². The maximum absolute atomic E-state index is 4.23. The van der Waals surface area contributed by atoms with E-state index in [9.17, 15) is 0 Å². The zero-order valence-corrected chi connectivity index (χ0v) is 13.2. The summed E-state index contributed by atoms with van der Waals surface area (Å²) in [6.07, 6.45) is 7.22. The third kappa shape index (κ3) is 9.64. The molecule has 0 unspecified atom stereocenters. The van der Waals surface area contributed by atoms with Gasteiger partial charge in [0, 0.05) is 6.20 Å². The predicted octanol–water partition coefficient (Wildman–Crippen LogP) is 5.48. The Balaban J connectivity index is -0.000000328. The molecular formula is C16H30N2. The zero-order chi connectivity index (χ0) is 15.0. The van der Waals surface area contributed by atoms with E-state index in [1.807, 2.05) is 66.8 Å². The first-order valence-electron chi connectivity index (χ1n) is 6.75. The molecule has 0 bridgehead atoms. The smallest absolute Gasteiger partial charge is 0.0639 e. The van der Waals surface area contributed by atoms with Crippen molar-refractivity contribution in [3.8, 4) is 0 Å². The number of nitrogens with zero attached hydrogens (tertiary/aromatic N) is 2. The summed E-state index contributed by atoms with van der Waals surface area (Å²) in [5, 5.41) is 4.23. The van der Waals surface area contributed by atoms with Gasteiger partial charge in [0.25, 0.3) is 0 Å². The van der Waals surface area contributed by atoms with Crippen LogP contribution in [0.5, 0.6) is 0 Å². The Bertz CT molecular complexity index is 320. The second kappa shape index (κ2) is 17.8. The molecule has 104 valence electrons. The van der Waals surface area contributed by atoms with Crippen LogP contribution >= 0.6 is 0 Å². The van der Waals surface area contributed by atoms with Crippen LogP contribution in [-0.4, -0.2) is 9.78 Å². The van der Waals surface area contributed by atoms with E-state index in [0.717, 1.165) is 11.4 Å². The Morgan fingerprint density at radius 3 is 1.89 bits per heavy atom. The molecule has 2 heteroatoms. The molecular weight excluding hydrogens is 220 g/mol. The third-order valence-corrected chi connectivity index (χ3v) is 1.48. The maximum atomic E-state index is 4.23. The highest BCUT2D eigenvalue weighted by atomic mass is 15.3. The quantitative estimate of drug-likeness (QED) is 0.649. The van der Waals surface area contributed by atoms with E-state index >= 15 is 0 Å². The molecule has 1 aromatic heterocycles. The van der Waals surface area contributed by atoms with E-state index in [0.29, 0.717) is 0 Å². The van der Waals surface area contributed by atoms with Gasteiger partial charge >= 0.3 is 0 Å². The largest absolute Gasteiger partial charge is 0.241 e. The highest BCUT2D eigenvalue weighted by Gasteiger charge is 1.95. The third-order valence-electron chi connectivity index (χ3n) is 1.48. The molecule has 0 spiro atoms. The van der Waals surface area contributed by atoms with Crippen molar-refractivity contribution in [2.75, 3.05) is 0 Å². The van der Waals surface area contributed by atoms with Crippen LogP contribution in [0.1, 0.15) is 47.2 Å². The summed E-state index contributed by atoms with van der Waals surface area (Å²) in [7, 11) is 0. The summed E-state index contributed by atoms with van der Waals surface area (Å²) in [6, 6.07) is 1.94. The highest BCUT2D eigenvalue weighted by Crippen LogP contribution is 2.05. The van der Waals surface area contributed by atoms with Crippen LogP contribution < -0.4 is 0 Å². The lowest BCUT2D eigenvalue weighted by Crippen LogP contribution is -1.94. The van der Waals surface area contributed by atoms with Gasteiger partial charge < -0.3 is 0 Å². The van der Waals surface area contributed by atoms with Crippen molar-refractivity contribution in [1.29, 1.82) is 0 Å². The Morgan fingerprint density at radius 2 is 1.61 bits per heavy atom. The molecule has 0 N–H and O–H groups in total. The Hall–Kier alpha value is -1.57. The lowest BCUT2D eigenvalue weighted by Gasteiger charge is -1.98. The molecule has 1 aromatic rings. The molecule has 0 aliphatic heterocycles. The van der Waals surface area contributed by atoms with Crippen molar-refractivity contribution in [3.05, 3.63) is 49.3 Å². The molecule has 1 heterocycles. The van der Waals surface area contributed by atoms with Crippen molar-refractivity contribution < 1.29 is 0 Å². The number of allylic oxidation sites excluding steroid dienone is 4. The van der Waals surface area contributed by atoms with E-state index in [1.54, 1.807) is 16.8 Å². The molecule has 0 atom stereocenters. The van der Waals surface area contributed by atoms with E-state index in [1.165, 1.54) is 0 Å². The molecule has 18 heavy (non-hydrogen) atoms. The fourth-order valence-electron chi connectivity index (χ4n) is 0.918. The van der Waals surface area contributed by atoms with Crippen molar-refractivity contribution in [2.45, 2.75) is 48.5 Å². The minimum absolute atomic E-state index is 0.929. The molecule has 0 saturated carbocycles. The van der Waals surface area contributed by atoms with Crippen molar-refractivity contribution in [3.63, 3.8) is 0 Å². The Labute approximate surface area is 114 Å². The van der Waals surface area contributed by atoms with Gasteiger partial charge in [0.1, 0.15) is 0 Å². The molecule has 0 fully saturated rings. The monoisotopic (exact) mass is 250 g/mol. The van der Waals surface area contributed by atoms with Gasteiger partial charge in [0.2, 0.25) is 0 Å². The standard InChI is InChI=1S/C10H12N2.3C2H6/c1-4-6-10(5-2)12-8-7-9(3)11-12;3*1-2/h4-8H,1-2H2,3H3;3*1-2H3/b10-6+;;;. The number of hydrogen-bond acceptors (Lipinski definition) is 1. The van der Waals surface area contributed by atoms with Gasteiger partial charge in [-0.1, -0.05) is 60.8 Å². The highest BCUT2D eigenvalue weighted by molar-refractivity contribution is 5.56. The lowest BCUT2D eigenvalue weighted by atomic mass is 10.4. The van der Waals surface area contributed by atoms with Crippen LogP contribution in [0, 0.1) is 6.92 Å². The second-order valence-corrected chi connectivity index (χ2v) is 2.43. The summed E-state index contributed by atoms with van der Waals surface area (Å²) >= 11 is 0. The van der Waals surface area contributed by atoms with Crippen LogP contribution in [0.2, 0.25) is 0 Å². The first-order valence-corrected chi connectivity index (χ1v) is 6.75. The molecule has 2 nitrogen and oxygen atoms in total. The second-order valence-electron chi connectivity index (χ2n) is 2.43. The van der Waals surface area contributed by atoms with E-state index < -0.39 is 0 Å². The van der Waals surface area contributed by atoms with Crippen LogP contribution in [0.3, 0.4) is 0 Å². The molecule has 0 aliphatic rings. The molecule has 0 aromatic carbocycles. The Kier molecular flexibility index (Phi) is 21.5. The van der Waals surface area contributed by atoms with Crippen LogP contribution in [-0.2, 0) is 0 Å². The fraction of sp³-hybridized carbons (Fsp3) is 0.438. The van der Waals surface area contributed by atoms with Crippen molar-refractivity contribution in [1.82, 2.24) is 9.78 Å². The molecule has 0 saturated heterocycles. The van der Waals surface area contributed by atoms with Gasteiger partial charge in [-0.25, -0.2) is 4.68 Å². The topological polar surface area (TPSA) is 17.8 Å². The van der Waals surface area contributed by atoms with Gasteiger partial charge in [-0.05, 0) is 25.1 Å². The summed E-state index contributed by atoms with van der Waals surface area (Å²) in [5.41, 5.74) is 1.92. The minimum Gasteiger partial charge on any atom is -0.241 e. The van der Waals surface area contributed by atoms with Gasteiger partial charge in [0.05, 0.1) is 11.4 Å². The van der Waals surface area contributed by atoms with Crippen LogP contribution in [0.15, 0.2) is 43.6 Å². The SMILES string of the molecule is C=C/C=C(\C=C)n1ccc(C)n1.CC.CC.CC. The first kappa shape index (κ1) is 21.7. The summed E-state index contributed by atoms with van der Waals surface area (Å²) in [6.45, 7) is 21.3. The first-order chi connectivity index (χ1) is 8.77. The van der Waals surface area contributed by atoms with E-state index in [-0.39, 0.29) is 0 Å². The van der Waals surface area contributed by atoms with E-state index in [4.69, 9.17) is 0 Å². The number of aromatic nitrogens is 2. The predicted molar refractivity (Wildman–Crippen MR) is 85.7 cm³/mol. The summed E-state index contributed by atoms with van der Waals surface area (Å²) in [4.78, 5) is 0. The summed E-state index contributed by atoms with van der Waals surface area (Å²) < 4.78 is 1.77. The van der Waals surface area contributed by atoms with Gasteiger partial charge in [-0.15, -0.1) is 0 Å². The summed E-state index contributed by atoms with van der Waals surface area (Å²) in [5.74, 6) is 0. The molecule has 0 radical (unpaired) electrons. The van der Waals surface area contributed by atoms with Gasteiger partial charge in [0.15, 0.2) is 0 Å². The molecule has 1 rings (SSSR count). The van der Waals surface area contributed by atoms with Crippen molar-refractivity contribution in [2.24, 2.45) is 0 Å². The molecule has 0 aliphatic carbocycles. The average molecular weight is 250 g/mol. The lowest BCUT2D eigenvalue weighted by molar-refractivity contribution is 0.890. The number of rotatable bonds is 3. The van der Waals surface area contributed by atoms with Crippen LogP contribution in [0.25, 0.3) is 5.70 Å². The zero-order valence-electron chi connectivity index (χ0n) is 13.2. The van der Waals surface area contributed by atoms with Gasteiger partial charge in [-0.2, -0.15) is 5.10 Å². The number of aryl methyl sites for hydroxylation is 1. The van der Waals surface area contributed by atoms with Crippen molar-refractivity contribution >= 4 is 5.70 Å². The molecule has 0 amide bonds. The Morgan fingerprint density at radius 1 is 1.11 bits per heavy atom. The average Bonchev–Trinajstić information content (AvgIpc) is 2.89. The van der Waals surface area contributed by atoms with Gasteiger partial charge in [-0.3, -0.25) is 0 Å².